The Kier molecular flexibility index (Phi) is 6.70. The number of nitrogens with zero attached hydrogens (tertiary/aromatic N) is 3. The van der Waals surface area contributed by atoms with Crippen molar-refractivity contribution in [1.82, 2.24) is 9.21 Å². The molecule has 6 nitrogen and oxygen atoms in total. The molecule has 0 unspecified atom stereocenters. The minimum atomic E-state index is -0.300. The monoisotopic (exact) mass is 365 g/mol. The van der Waals surface area contributed by atoms with Gasteiger partial charge in [-0.3, -0.25) is 10.1 Å². The molecule has 7 heteroatoms. The van der Waals surface area contributed by atoms with E-state index >= 15 is 0 Å². The zero-order valence-electron chi connectivity index (χ0n) is 14.5. The molecular formula is C18H27N3O3S. The van der Waals surface area contributed by atoms with E-state index in [2.05, 4.69) is 9.21 Å². The lowest BCUT2D eigenvalue weighted by Gasteiger charge is -2.41. The Balaban J connectivity index is 1.47. The minimum Gasteiger partial charge on any atom is -0.396 e. The van der Waals surface area contributed by atoms with Gasteiger partial charge in [-0.15, -0.1) is 0 Å². The number of hydrogen-bond acceptors (Lipinski definition) is 6. The average Bonchev–Trinajstić information content (AvgIpc) is 2.64. The van der Waals surface area contributed by atoms with Crippen LogP contribution in [-0.2, 0) is 0 Å². The maximum atomic E-state index is 11.1. The maximum absolute atomic E-state index is 11.1. The molecule has 25 heavy (non-hydrogen) atoms. The van der Waals surface area contributed by atoms with Crippen LogP contribution in [0.3, 0.4) is 0 Å². The van der Waals surface area contributed by atoms with E-state index in [0.29, 0.717) is 18.6 Å². The highest BCUT2D eigenvalue weighted by Crippen LogP contribution is 2.34. The lowest BCUT2D eigenvalue weighted by molar-refractivity contribution is -0.387. The van der Waals surface area contributed by atoms with E-state index in [1.165, 1.54) is 24.8 Å². The molecule has 0 radical (unpaired) electrons. The van der Waals surface area contributed by atoms with Gasteiger partial charge in [0.25, 0.3) is 5.69 Å². The molecule has 138 valence electrons. The van der Waals surface area contributed by atoms with E-state index in [1.54, 1.807) is 12.1 Å². The molecule has 0 aromatic heterocycles. The van der Waals surface area contributed by atoms with Gasteiger partial charge >= 0.3 is 0 Å². The summed E-state index contributed by atoms with van der Waals surface area (Å²) in [5.74, 6) is 0.690. The fourth-order valence-electron chi connectivity index (χ4n) is 3.91. The standard InChI is InChI=1S/C18H27N3O3S/c22-14-9-15-5-10-19(11-6-15)16-7-12-20(13-8-16)25-18-4-2-1-3-17(18)21(23)24/h1-4,15-16,22H,5-14H2. The third-order valence-corrected chi connectivity index (χ3v) is 6.58. The van der Waals surface area contributed by atoms with Crippen LogP contribution < -0.4 is 0 Å². The van der Waals surface area contributed by atoms with Crippen LogP contribution in [0.15, 0.2) is 29.2 Å². The Hall–Kier alpha value is -1.15. The van der Waals surface area contributed by atoms with Crippen LogP contribution >= 0.6 is 11.9 Å². The third-order valence-electron chi connectivity index (χ3n) is 5.42. The maximum Gasteiger partial charge on any atom is 0.284 e. The zero-order valence-corrected chi connectivity index (χ0v) is 15.4. The van der Waals surface area contributed by atoms with Crippen LogP contribution in [0.1, 0.15) is 32.1 Å². The average molecular weight is 365 g/mol. The summed E-state index contributed by atoms with van der Waals surface area (Å²) in [6.45, 7) is 4.54. The van der Waals surface area contributed by atoms with Gasteiger partial charge in [-0.1, -0.05) is 12.1 Å². The minimum absolute atomic E-state index is 0.195. The van der Waals surface area contributed by atoms with E-state index < -0.39 is 0 Å². The smallest absolute Gasteiger partial charge is 0.284 e. The van der Waals surface area contributed by atoms with Crippen molar-refractivity contribution in [3.63, 3.8) is 0 Å². The molecule has 0 amide bonds. The summed E-state index contributed by atoms with van der Waals surface area (Å²) in [6.07, 6.45) is 5.59. The number of aliphatic hydroxyl groups excluding tert-OH is 1. The molecule has 1 aromatic carbocycles. The highest BCUT2D eigenvalue weighted by Gasteiger charge is 2.29. The summed E-state index contributed by atoms with van der Waals surface area (Å²) < 4.78 is 2.26. The van der Waals surface area contributed by atoms with Gasteiger partial charge in [-0.05, 0) is 69.1 Å². The Morgan fingerprint density at radius 1 is 1.12 bits per heavy atom. The summed E-state index contributed by atoms with van der Waals surface area (Å²) in [4.78, 5) is 14.2. The van der Waals surface area contributed by atoms with Crippen molar-refractivity contribution in [1.29, 1.82) is 0 Å². The van der Waals surface area contributed by atoms with Crippen LogP contribution in [0.25, 0.3) is 0 Å². The normalized spacial score (nSPS) is 21.5. The molecule has 3 rings (SSSR count). The molecule has 1 N–H and O–H groups in total. The molecule has 0 atom stereocenters. The molecule has 0 saturated carbocycles. The third kappa shape index (κ3) is 4.94. The molecule has 2 saturated heterocycles. The van der Waals surface area contributed by atoms with Gasteiger partial charge in [-0.25, -0.2) is 4.31 Å². The van der Waals surface area contributed by atoms with Crippen molar-refractivity contribution in [2.45, 2.75) is 43.0 Å². The molecule has 0 spiro atoms. The number of nitro benzene ring substituents is 1. The highest BCUT2D eigenvalue weighted by atomic mass is 32.2. The number of para-hydroxylation sites is 1. The van der Waals surface area contributed by atoms with E-state index in [1.807, 2.05) is 12.1 Å². The molecule has 2 heterocycles. The van der Waals surface area contributed by atoms with Gasteiger partial charge in [0.15, 0.2) is 0 Å². The molecule has 2 aliphatic heterocycles. The number of benzene rings is 1. The Morgan fingerprint density at radius 2 is 1.80 bits per heavy atom. The Morgan fingerprint density at radius 3 is 2.44 bits per heavy atom. The van der Waals surface area contributed by atoms with E-state index in [0.717, 1.165) is 50.3 Å². The van der Waals surface area contributed by atoms with E-state index in [-0.39, 0.29) is 10.6 Å². The van der Waals surface area contributed by atoms with Crippen LogP contribution in [0, 0.1) is 16.0 Å². The lowest BCUT2D eigenvalue weighted by atomic mass is 9.92. The number of likely N-dealkylation sites (tertiary alicyclic amines) is 1. The largest absolute Gasteiger partial charge is 0.396 e. The summed E-state index contributed by atoms with van der Waals surface area (Å²) in [7, 11) is 0. The predicted octanol–water partition coefficient (Wildman–Crippen LogP) is 3.16. The first-order valence-electron chi connectivity index (χ1n) is 9.18. The van der Waals surface area contributed by atoms with Crippen molar-refractivity contribution >= 4 is 17.6 Å². The van der Waals surface area contributed by atoms with Gasteiger partial charge in [-0.2, -0.15) is 0 Å². The number of hydrogen-bond donors (Lipinski definition) is 1. The topological polar surface area (TPSA) is 69.9 Å². The zero-order chi connectivity index (χ0) is 17.6. The summed E-state index contributed by atoms with van der Waals surface area (Å²) >= 11 is 1.52. The summed E-state index contributed by atoms with van der Waals surface area (Å²) in [5, 5.41) is 20.2. The van der Waals surface area contributed by atoms with Crippen LogP contribution in [-0.4, -0.2) is 58.1 Å². The lowest BCUT2D eigenvalue weighted by Crippen LogP contribution is -2.46. The first-order valence-corrected chi connectivity index (χ1v) is 9.96. The SMILES string of the molecule is O=[N+]([O-])c1ccccc1SN1CCC(N2CCC(CCO)CC2)CC1. The van der Waals surface area contributed by atoms with Crippen molar-refractivity contribution in [2.75, 3.05) is 32.8 Å². The molecule has 2 fully saturated rings. The van der Waals surface area contributed by atoms with E-state index in [4.69, 9.17) is 5.11 Å². The van der Waals surface area contributed by atoms with Crippen molar-refractivity contribution in [3.05, 3.63) is 34.4 Å². The molecular weight excluding hydrogens is 338 g/mol. The number of rotatable bonds is 6. The first-order chi connectivity index (χ1) is 12.2. The molecule has 0 aliphatic carbocycles. The van der Waals surface area contributed by atoms with Crippen molar-refractivity contribution in [3.8, 4) is 0 Å². The molecule has 0 bridgehead atoms. The molecule has 2 aliphatic rings. The fourth-order valence-corrected chi connectivity index (χ4v) is 4.96. The summed E-state index contributed by atoms with van der Waals surface area (Å²) in [6, 6.07) is 7.62. The Bertz CT molecular complexity index is 570. The second-order valence-corrected chi connectivity index (χ2v) is 8.11. The quantitative estimate of drug-likeness (QED) is 0.474. The van der Waals surface area contributed by atoms with Gasteiger partial charge in [0, 0.05) is 31.8 Å². The van der Waals surface area contributed by atoms with Crippen molar-refractivity contribution < 1.29 is 10.0 Å². The highest BCUT2D eigenvalue weighted by molar-refractivity contribution is 7.97. The van der Waals surface area contributed by atoms with Gasteiger partial charge in [0.05, 0.1) is 4.92 Å². The van der Waals surface area contributed by atoms with Gasteiger partial charge in [0.1, 0.15) is 4.90 Å². The number of piperidine rings is 2. The second-order valence-electron chi connectivity index (χ2n) is 6.97. The second kappa shape index (κ2) is 8.98. The van der Waals surface area contributed by atoms with E-state index in [9.17, 15) is 10.1 Å². The van der Waals surface area contributed by atoms with Crippen LogP contribution in [0.5, 0.6) is 0 Å². The summed E-state index contributed by atoms with van der Waals surface area (Å²) in [5.41, 5.74) is 0.195. The number of nitro groups is 1. The van der Waals surface area contributed by atoms with Crippen molar-refractivity contribution in [2.24, 2.45) is 5.92 Å². The number of aliphatic hydroxyl groups is 1. The van der Waals surface area contributed by atoms with Crippen LogP contribution in [0.4, 0.5) is 5.69 Å². The Labute approximate surface area is 153 Å². The van der Waals surface area contributed by atoms with Gasteiger partial charge < -0.3 is 10.0 Å². The predicted molar refractivity (Wildman–Crippen MR) is 99.5 cm³/mol. The van der Waals surface area contributed by atoms with Crippen LogP contribution in [0.2, 0.25) is 0 Å². The first kappa shape index (κ1) is 18.6. The van der Waals surface area contributed by atoms with Gasteiger partial charge in [0.2, 0.25) is 0 Å². The fraction of sp³-hybridized carbons (Fsp3) is 0.667. The molecule has 1 aromatic rings.